The molecule has 1 N–H and O–H groups in total. The summed E-state index contributed by atoms with van der Waals surface area (Å²) in [5.74, 6) is -1.04. The maximum Gasteiger partial charge on any atom is 0.307 e. The average Bonchev–Trinajstić information content (AvgIpc) is 2.27. The quantitative estimate of drug-likeness (QED) is 0.765. The first-order valence-electron chi connectivity index (χ1n) is 5.56. The van der Waals surface area contributed by atoms with Gasteiger partial charge in [0.2, 0.25) is 0 Å². The van der Waals surface area contributed by atoms with Crippen molar-refractivity contribution in [1.82, 2.24) is 4.90 Å². The average molecular weight is 215 g/mol. The fourth-order valence-electron chi connectivity index (χ4n) is 2.05. The van der Waals surface area contributed by atoms with Gasteiger partial charge >= 0.3 is 5.97 Å². The van der Waals surface area contributed by atoms with E-state index in [2.05, 4.69) is 4.90 Å². The molecular formula is C11H21NO3. The Morgan fingerprint density at radius 1 is 1.53 bits per heavy atom. The Bertz CT molecular complexity index is 220. The monoisotopic (exact) mass is 215 g/mol. The first-order valence-corrected chi connectivity index (χ1v) is 5.56. The highest BCUT2D eigenvalue weighted by Gasteiger charge is 2.29. The lowest BCUT2D eigenvalue weighted by atomic mass is 9.98. The van der Waals surface area contributed by atoms with E-state index in [0.717, 1.165) is 25.9 Å². The molecule has 4 heteroatoms. The fraction of sp³-hybridized carbons (Fsp3) is 0.909. The second-order valence-corrected chi connectivity index (χ2v) is 4.36. The van der Waals surface area contributed by atoms with Crippen molar-refractivity contribution in [3.8, 4) is 0 Å². The van der Waals surface area contributed by atoms with Crippen LogP contribution in [0.25, 0.3) is 0 Å². The zero-order valence-corrected chi connectivity index (χ0v) is 9.77. The van der Waals surface area contributed by atoms with Gasteiger partial charge in [0.05, 0.1) is 12.0 Å². The first-order chi connectivity index (χ1) is 7.06. The van der Waals surface area contributed by atoms with E-state index in [0.29, 0.717) is 0 Å². The van der Waals surface area contributed by atoms with Gasteiger partial charge in [-0.2, -0.15) is 0 Å². The van der Waals surface area contributed by atoms with Gasteiger partial charge in [-0.15, -0.1) is 0 Å². The second kappa shape index (κ2) is 5.47. The minimum Gasteiger partial charge on any atom is -0.481 e. The molecule has 0 radical (unpaired) electrons. The SMILES string of the molecule is COC1CCCN(C(C)C(C)C(=O)O)C1. The van der Waals surface area contributed by atoms with Crippen molar-refractivity contribution in [1.29, 1.82) is 0 Å². The minimum absolute atomic E-state index is 0.0837. The Morgan fingerprint density at radius 3 is 2.73 bits per heavy atom. The number of ether oxygens (including phenoxy) is 1. The van der Waals surface area contributed by atoms with Gasteiger partial charge in [0.1, 0.15) is 0 Å². The van der Waals surface area contributed by atoms with Gasteiger partial charge in [-0.1, -0.05) is 6.92 Å². The standard InChI is InChI=1S/C11H21NO3/c1-8(11(13)14)9(2)12-6-4-5-10(7-12)15-3/h8-10H,4-7H2,1-3H3,(H,13,14). The molecule has 3 atom stereocenters. The Morgan fingerprint density at radius 2 is 2.20 bits per heavy atom. The molecule has 1 rings (SSSR count). The van der Waals surface area contributed by atoms with Crippen molar-refractivity contribution in [3.05, 3.63) is 0 Å². The molecular weight excluding hydrogens is 194 g/mol. The number of carboxylic acid groups (broad SMARTS) is 1. The Hall–Kier alpha value is -0.610. The lowest BCUT2D eigenvalue weighted by molar-refractivity contribution is -0.143. The molecule has 4 nitrogen and oxygen atoms in total. The van der Waals surface area contributed by atoms with Crippen LogP contribution in [0.2, 0.25) is 0 Å². The number of nitrogens with zero attached hydrogens (tertiary/aromatic N) is 1. The van der Waals surface area contributed by atoms with E-state index >= 15 is 0 Å². The van der Waals surface area contributed by atoms with Crippen molar-refractivity contribution in [2.24, 2.45) is 5.92 Å². The summed E-state index contributed by atoms with van der Waals surface area (Å²) in [7, 11) is 1.72. The van der Waals surface area contributed by atoms with Crippen LogP contribution < -0.4 is 0 Å². The number of aliphatic carboxylic acids is 1. The number of hydrogen-bond donors (Lipinski definition) is 1. The van der Waals surface area contributed by atoms with Gasteiger partial charge in [-0.3, -0.25) is 9.69 Å². The van der Waals surface area contributed by atoms with Gasteiger partial charge in [0.25, 0.3) is 0 Å². The molecule has 1 saturated heterocycles. The number of methoxy groups -OCH3 is 1. The van der Waals surface area contributed by atoms with E-state index in [-0.39, 0.29) is 18.1 Å². The topological polar surface area (TPSA) is 49.8 Å². The van der Waals surface area contributed by atoms with Crippen LogP contribution in [0.1, 0.15) is 26.7 Å². The summed E-state index contributed by atoms with van der Waals surface area (Å²) in [6.45, 7) is 5.59. The van der Waals surface area contributed by atoms with E-state index in [1.54, 1.807) is 14.0 Å². The second-order valence-electron chi connectivity index (χ2n) is 4.36. The van der Waals surface area contributed by atoms with E-state index in [1.807, 2.05) is 6.92 Å². The van der Waals surface area contributed by atoms with Crippen molar-refractivity contribution >= 4 is 5.97 Å². The maximum atomic E-state index is 10.9. The lowest BCUT2D eigenvalue weighted by Crippen LogP contribution is -2.47. The Labute approximate surface area is 91.2 Å². The summed E-state index contributed by atoms with van der Waals surface area (Å²) >= 11 is 0. The van der Waals surface area contributed by atoms with Crippen LogP contribution in [-0.4, -0.2) is 48.3 Å². The third-order valence-electron chi connectivity index (χ3n) is 3.43. The Balaban J connectivity index is 2.51. The fourth-order valence-corrected chi connectivity index (χ4v) is 2.05. The largest absolute Gasteiger partial charge is 0.481 e. The molecule has 0 aromatic rings. The summed E-state index contributed by atoms with van der Waals surface area (Å²) in [6.07, 6.45) is 2.44. The van der Waals surface area contributed by atoms with Crippen LogP contribution in [0.5, 0.6) is 0 Å². The summed E-state index contributed by atoms with van der Waals surface area (Å²) in [6, 6.07) is 0.0837. The zero-order valence-electron chi connectivity index (χ0n) is 9.77. The van der Waals surface area contributed by atoms with Crippen molar-refractivity contribution < 1.29 is 14.6 Å². The molecule has 1 heterocycles. The van der Waals surface area contributed by atoms with Gasteiger partial charge in [0.15, 0.2) is 0 Å². The van der Waals surface area contributed by atoms with Crippen LogP contribution >= 0.6 is 0 Å². The van der Waals surface area contributed by atoms with Gasteiger partial charge in [0, 0.05) is 19.7 Å². The van der Waals surface area contributed by atoms with Crippen molar-refractivity contribution in [3.63, 3.8) is 0 Å². The number of piperidine rings is 1. The van der Waals surface area contributed by atoms with E-state index < -0.39 is 5.97 Å². The van der Waals surface area contributed by atoms with Gasteiger partial charge in [-0.05, 0) is 26.3 Å². The number of hydrogen-bond acceptors (Lipinski definition) is 3. The summed E-state index contributed by atoms with van der Waals surface area (Å²) < 4.78 is 5.32. The molecule has 1 aliphatic rings. The predicted molar refractivity (Wildman–Crippen MR) is 57.9 cm³/mol. The molecule has 1 fully saturated rings. The molecule has 88 valence electrons. The van der Waals surface area contributed by atoms with Gasteiger partial charge in [-0.25, -0.2) is 0 Å². The van der Waals surface area contributed by atoms with Crippen LogP contribution in [0.3, 0.4) is 0 Å². The van der Waals surface area contributed by atoms with E-state index in [1.165, 1.54) is 0 Å². The highest BCUT2D eigenvalue weighted by molar-refractivity contribution is 5.70. The molecule has 0 bridgehead atoms. The highest BCUT2D eigenvalue weighted by Crippen LogP contribution is 2.19. The summed E-state index contributed by atoms with van der Waals surface area (Å²) in [4.78, 5) is 13.1. The predicted octanol–water partition coefficient (Wildman–Crippen LogP) is 1.21. The zero-order chi connectivity index (χ0) is 11.4. The number of carboxylic acids is 1. The van der Waals surface area contributed by atoms with Gasteiger partial charge < -0.3 is 9.84 Å². The molecule has 3 unspecified atom stereocenters. The lowest BCUT2D eigenvalue weighted by Gasteiger charge is -2.37. The van der Waals surface area contributed by atoms with E-state index in [9.17, 15) is 4.79 Å². The first kappa shape index (κ1) is 12.5. The van der Waals surface area contributed by atoms with Crippen molar-refractivity contribution in [2.75, 3.05) is 20.2 Å². The minimum atomic E-state index is -0.720. The smallest absolute Gasteiger partial charge is 0.307 e. The molecule has 0 aromatic carbocycles. The number of rotatable bonds is 4. The molecule has 0 saturated carbocycles. The number of carbonyl (C=O) groups is 1. The third kappa shape index (κ3) is 3.18. The molecule has 0 aliphatic carbocycles. The van der Waals surface area contributed by atoms with Crippen LogP contribution in [0, 0.1) is 5.92 Å². The van der Waals surface area contributed by atoms with Crippen LogP contribution in [0.4, 0.5) is 0 Å². The Kier molecular flexibility index (Phi) is 4.54. The van der Waals surface area contributed by atoms with Crippen LogP contribution in [0.15, 0.2) is 0 Å². The normalized spacial score (nSPS) is 27.3. The molecule has 0 spiro atoms. The third-order valence-corrected chi connectivity index (χ3v) is 3.43. The van der Waals surface area contributed by atoms with Crippen LogP contribution in [-0.2, 0) is 9.53 Å². The van der Waals surface area contributed by atoms with Crippen molar-refractivity contribution in [2.45, 2.75) is 38.8 Å². The number of likely N-dealkylation sites (tertiary alicyclic amines) is 1. The molecule has 0 amide bonds. The van der Waals surface area contributed by atoms with E-state index in [4.69, 9.17) is 9.84 Å². The molecule has 0 aromatic heterocycles. The summed E-state index contributed by atoms with van der Waals surface area (Å²) in [5, 5.41) is 8.95. The maximum absolute atomic E-state index is 10.9. The molecule has 1 aliphatic heterocycles. The molecule has 15 heavy (non-hydrogen) atoms. The highest BCUT2D eigenvalue weighted by atomic mass is 16.5. The summed E-state index contributed by atoms with van der Waals surface area (Å²) in [5.41, 5.74) is 0.